The Morgan fingerprint density at radius 3 is 2.59 bits per heavy atom. The van der Waals surface area contributed by atoms with Crippen LogP contribution in [0.4, 0.5) is 0 Å². The Balaban J connectivity index is 2.48. The molecule has 3 nitrogen and oxygen atoms in total. The van der Waals surface area contributed by atoms with Crippen LogP contribution in [0.1, 0.15) is 17.1 Å². The van der Waals surface area contributed by atoms with E-state index in [-0.39, 0.29) is 6.61 Å². The van der Waals surface area contributed by atoms with Gasteiger partial charge in [-0.25, -0.2) is 9.97 Å². The first-order chi connectivity index (χ1) is 8.20. The molecule has 3 heteroatoms. The van der Waals surface area contributed by atoms with Crippen molar-refractivity contribution in [3.8, 4) is 11.3 Å². The lowest BCUT2D eigenvalue weighted by atomic mass is 10.1. The molecule has 2 aromatic rings. The third-order valence-electron chi connectivity index (χ3n) is 2.66. The maximum atomic E-state index is 8.95. The molecular formula is C14H16N2O. The summed E-state index contributed by atoms with van der Waals surface area (Å²) in [5.74, 6) is 0.700. The Morgan fingerprint density at radius 1 is 1.12 bits per heavy atom. The number of hydrogen-bond donors (Lipinski definition) is 1. The Morgan fingerprint density at radius 2 is 1.88 bits per heavy atom. The molecule has 1 aromatic heterocycles. The van der Waals surface area contributed by atoms with Gasteiger partial charge in [-0.05, 0) is 25.5 Å². The van der Waals surface area contributed by atoms with Gasteiger partial charge >= 0.3 is 0 Å². The van der Waals surface area contributed by atoms with Gasteiger partial charge in [0.15, 0.2) is 0 Å². The van der Waals surface area contributed by atoms with E-state index in [1.165, 1.54) is 5.56 Å². The quantitative estimate of drug-likeness (QED) is 0.876. The zero-order chi connectivity index (χ0) is 12.3. The predicted octanol–water partition coefficient (Wildman–Crippen LogP) is 2.30. The molecule has 1 aromatic carbocycles. The van der Waals surface area contributed by atoms with Crippen LogP contribution in [-0.4, -0.2) is 21.7 Å². The van der Waals surface area contributed by atoms with Crippen LogP contribution in [0.25, 0.3) is 11.3 Å². The molecule has 0 atom stereocenters. The normalized spacial score (nSPS) is 10.5. The van der Waals surface area contributed by atoms with E-state index in [0.717, 1.165) is 17.0 Å². The number of nitrogens with zero attached hydrogens (tertiary/aromatic N) is 2. The van der Waals surface area contributed by atoms with E-state index in [2.05, 4.69) is 29.0 Å². The maximum absolute atomic E-state index is 8.95. The highest BCUT2D eigenvalue weighted by Crippen LogP contribution is 2.21. The first-order valence-electron chi connectivity index (χ1n) is 5.72. The molecule has 0 bridgehead atoms. The van der Waals surface area contributed by atoms with Gasteiger partial charge in [-0.2, -0.15) is 0 Å². The molecule has 2 rings (SSSR count). The Labute approximate surface area is 101 Å². The van der Waals surface area contributed by atoms with Crippen molar-refractivity contribution in [2.45, 2.75) is 20.3 Å². The summed E-state index contributed by atoms with van der Waals surface area (Å²) in [6.45, 7) is 4.10. The number of aromatic nitrogens is 2. The molecule has 0 fully saturated rings. The fourth-order valence-electron chi connectivity index (χ4n) is 1.84. The number of rotatable bonds is 3. The maximum Gasteiger partial charge on any atom is 0.131 e. The Bertz CT molecular complexity index is 523. The second kappa shape index (κ2) is 5.06. The van der Waals surface area contributed by atoms with Crippen molar-refractivity contribution in [3.63, 3.8) is 0 Å². The number of aliphatic hydroxyl groups is 1. The molecule has 88 valence electrons. The lowest BCUT2D eigenvalue weighted by Gasteiger charge is -2.07. The van der Waals surface area contributed by atoms with Gasteiger partial charge in [0, 0.05) is 17.7 Å². The van der Waals surface area contributed by atoms with Gasteiger partial charge in [0.05, 0.1) is 12.3 Å². The second-order valence-electron chi connectivity index (χ2n) is 4.10. The van der Waals surface area contributed by atoms with Gasteiger partial charge in [0.2, 0.25) is 0 Å². The minimum absolute atomic E-state index is 0.0800. The van der Waals surface area contributed by atoms with E-state index in [0.29, 0.717) is 12.2 Å². The number of benzene rings is 1. The smallest absolute Gasteiger partial charge is 0.131 e. The molecule has 0 spiro atoms. The van der Waals surface area contributed by atoms with Crippen molar-refractivity contribution in [2.24, 2.45) is 0 Å². The molecule has 1 N–H and O–H groups in total. The molecule has 17 heavy (non-hydrogen) atoms. The van der Waals surface area contributed by atoms with E-state index in [1.54, 1.807) is 0 Å². The van der Waals surface area contributed by atoms with E-state index >= 15 is 0 Å². The van der Waals surface area contributed by atoms with Crippen molar-refractivity contribution in [1.82, 2.24) is 9.97 Å². The van der Waals surface area contributed by atoms with Crippen LogP contribution in [0.15, 0.2) is 30.3 Å². The highest BCUT2D eigenvalue weighted by molar-refractivity contribution is 5.63. The lowest BCUT2D eigenvalue weighted by molar-refractivity contribution is 0.296. The monoisotopic (exact) mass is 228 g/mol. The molecule has 1 heterocycles. The van der Waals surface area contributed by atoms with Crippen LogP contribution in [0.3, 0.4) is 0 Å². The van der Waals surface area contributed by atoms with Gasteiger partial charge < -0.3 is 5.11 Å². The molecule has 0 amide bonds. The first kappa shape index (κ1) is 11.7. The minimum Gasteiger partial charge on any atom is -0.396 e. The number of hydrogen-bond acceptors (Lipinski definition) is 3. The molecule has 0 unspecified atom stereocenters. The van der Waals surface area contributed by atoms with Gasteiger partial charge in [0.25, 0.3) is 0 Å². The van der Waals surface area contributed by atoms with Crippen LogP contribution < -0.4 is 0 Å². The topological polar surface area (TPSA) is 46.0 Å². The highest BCUT2D eigenvalue weighted by Gasteiger charge is 2.06. The highest BCUT2D eigenvalue weighted by atomic mass is 16.3. The van der Waals surface area contributed by atoms with Crippen LogP contribution in [0.2, 0.25) is 0 Å². The van der Waals surface area contributed by atoms with Crippen molar-refractivity contribution >= 4 is 0 Å². The second-order valence-corrected chi connectivity index (χ2v) is 4.10. The van der Waals surface area contributed by atoms with E-state index in [9.17, 15) is 0 Å². The van der Waals surface area contributed by atoms with Crippen molar-refractivity contribution in [2.75, 3.05) is 6.61 Å². The fourth-order valence-corrected chi connectivity index (χ4v) is 1.84. The van der Waals surface area contributed by atoms with Gasteiger partial charge in [0.1, 0.15) is 5.82 Å². The number of aliphatic hydroxyl groups excluding tert-OH is 1. The Kier molecular flexibility index (Phi) is 3.49. The summed E-state index contributed by atoms with van der Waals surface area (Å²) >= 11 is 0. The molecule has 0 aliphatic heterocycles. The third-order valence-corrected chi connectivity index (χ3v) is 2.66. The standard InChI is InChI=1S/C14H16N2O/c1-10-5-3-4-6-12(10)13-9-11(2)15-14(16-13)7-8-17/h3-6,9,17H,7-8H2,1-2H3. The van der Waals surface area contributed by atoms with Crippen molar-refractivity contribution in [1.29, 1.82) is 0 Å². The average molecular weight is 228 g/mol. The lowest BCUT2D eigenvalue weighted by Crippen LogP contribution is -2.02. The molecule has 0 radical (unpaired) electrons. The van der Waals surface area contributed by atoms with E-state index in [4.69, 9.17) is 5.11 Å². The summed E-state index contributed by atoms with van der Waals surface area (Å²) in [4.78, 5) is 8.79. The summed E-state index contributed by atoms with van der Waals surface area (Å²) in [6, 6.07) is 10.1. The molecule has 0 saturated heterocycles. The van der Waals surface area contributed by atoms with E-state index in [1.807, 2.05) is 25.1 Å². The van der Waals surface area contributed by atoms with E-state index < -0.39 is 0 Å². The largest absolute Gasteiger partial charge is 0.396 e. The number of aryl methyl sites for hydroxylation is 2. The summed E-state index contributed by atoms with van der Waals surface area (Å²) in [5.41, 5.74) is 4.18. The van der Waals surface area contributed by atoms with Gasteiger partial charge in [-0.3, -0.25) is 0 Å². The van der Waals surface area contributed by atoms with Crippen LogP contribution in [0.5, 0.6) is 0 Å². The molecule has 0 aliphatic rings. The summed E-state index contributed by atoms with van der Waals surface area (Å²) in [6.07, 6.45) is 0.501. The van der Waals surface area contributed by atoms with Crippen LogP contribution in [0, 0.1) is 13.8 Å². The van der Waals surface area contributed by atoms with Gasteiger partial charge in [-0.15, -0.1) is 0 Å². The van der Waals surface area contributed by atoms with Crippen LogP contribution >= 0.6 is 0 Å². The summed E-state index contributed by atoms with van der Waals surface area (Å²) in [7, 11) is 0. The zero-order valence-corrected chi connectivity index (χ0v) is 10.1. The minimum atomic E-state index is 0.0800. The molecule has 0 saturated carbocycles. The van der Waals surface area contributed by atoms with Crippen LogP contribution in [-0.2, 0) is 6.42 Å². The van der Waals surface area contributed by atoms with Crippen molar-refractivity contribution in [3.05, 3.63) is 47.4 Å². The average Bonchev–Trinajstić information content (AvgIpc) is 2.29. The SMILES string of the molecule is Cc1cc(-c2ccccc2C)nc(CCO)n1. The molecule has 0 aliphatic carbocycles. The third kappa shape index (κ3) is 2.68. The predicted molar refractivity (Wildman–Crippen MR) is 67.7 cm³/mol. The molecular weight excluding hydrogens is 212 g/mol. The Hall–Kier alpha value is -1.74. The first-order valence-corrected chi connectivity index (χ1v) is 5.72. The fraction of sp³-hybridized carbons (Fsp3) is 0.286. The summed E-state index contributed by atoms with van der Waals surface area (Å²) in [5, 5.41) is 8.95. The van der Waals surface area contributed by atoms with Gasteiger partial charge in [-0.1, -0.05) is 24.3 Å². The van der Waals surface area contributed by atoms with Crippen molar-refractivity contribution < 1.29 is 5.11 Å². The zero-order valence-electron chi connectivity index (χ0n) is 10.1. The summed E-state index contributed by atoms with van der Waals surface area (Å²) < 4.78 is 0.